The lowest BCUT2D eigenvalue weighted by atomic mass is 9.88. The van der Waals surface area contributed by atoms with Gasteiger partial charge in [0.05, 0.1) is 13.2 Å². The molecule has 152 valence electrons. The smallest absolute Gasteiger partial charge is 0.222 e. The van der Waals surface area contributed by atoms with Crippen molar-refractivity contribution in [3.63, 3.8) is 0 Å². The lowest BCUT2D eigenvalue weighted by Gasteiger charge is -2.38. The fourth-order valence-electron chi connectivity index (χ4n) is 5.31. The quantitative estimate of drug-likeness (QED) is 0.776. The minimum absolute atomic E-state index is 0. The van der Waals surface area contributed by atoms with Crippen LogP contribution >= 0.6 is 24.8 Å². The minimum Gasteiger partial charge on any atom is -0.379 e. The molecule has 3 unspecified atom stereocenters. The molecule has 0 saturated carbocycles. The van der Waals surface area contributed by atoms with Crippen molar-refractivity contribution in [3.05, 3.63) is 0 Å². The lowest BCUT2D eigenvalue weighted by molar-refractivity contribution is -0.134. The summed E-state index contributed by atoms with van der Waals surface area (Å²) < 4.78 is 5.44. The molecule has 3 atom stereocenters. The van der Waals surface area contributed by atoms with E-state index in [0.29, 0.717) is 29.8 Å². The molecule has 4 fully saturated rings. The summed E-state index contributed by atoms with van der Waals surface area (Å²) >= 11 is 0. The molecule has 4 saturated heterocycles. The summed E-state index contributed by atoms with van der Waals surface area (Å²) in [7, 11) is 0. The number of nitrogens with one attached hydrogen (secondary N) is 1. The highest BCUT2D eigenvalue weighted by Gasteiger charge is 2.35. The number of carbonyl (C=O) groups is 1. The zero-order valence-electron chi connectivity index (χ0n) is 15.7. The van der Waals surface area contributed by atoms with Crippen LogP contribution in [0.1, 0.15) is 44.9 Å². The van der Waals surface area contributed by atoms with Gasteiger partial charge in [0.1, 0.15) is 0 Å². The van der Waals surface area contributed by atoms with Gasteiger partial charge in [0.25, 0.3) is 0 Å². The van der Waals surface area contributed by atoms with Crippen LogP contribution in [0.4, 0.5) is 0 Å². The summed E-state index contributed by atoms with van der Waals surface area (Å²) in [5.74, 6) is 1.70. The summed E-state index contributed by atoms with van der Waals surface area (Å²) in [5.41, 5.74) is 0. The van der Waals surface area contributed by atoms with Gasteiger partial charge in [-0.3, -0.25) is 9.69 Å². The molecule has 0 aromatic rings. The Morgan fingerprint density at radius 3 is 2.35 bits per heavy atom. The van der Waals surface area contributed by atoms with E-state index in [9.17, 15) is 4.79 Å². The number of morpholine rings is 1. The van der Waals surface area contributed by atoms with Crippen molar-refractivity contribution in [1.82, 2.24) is 15.1 Å². The van der Waals surface area contributed by atoms with Gasteiger partial charge in [-0.25, -0.2) is 0 Å². The number of piperidine rings is 2. The summed E-state index contributed by atoms with van der Waals surface area (Å²) in [6.45, 7) is 6.96. The summed E-state index contributed by atoms with van der Waals surface area (Å²) in [6.07, 6.45) is 8.32. The van der Waals surface area contributed by atoms with E-state index in [0.717, 1.165) is 52.4 Å². The molecule has 0 aromatic heterocycles. The number of halogens is 2. The third-order valence-electron chi connectivity index (χ3n) is 6.53. The van der Waals surface area contributed by atoms with Crippen LogP contribution in [-0.2, 0) is 9.53 Å². The van der Waals surface area contributed by atoms with Crippen molar-refractivity contribution >= 4 is 30.7 Å². The Hall–Kier alpha value is -0.0700. The van der Waals surface area contributed by atoms with Crippen molar-refractivity contribution in [1.29, 1.82) is 0 Å². The van der Waals surface area contributed by atoms with E-state index in [2.05, 4.69) is 15.1 Å². The number of ether oxygens (including phenoxy) is 1. The predicted molar refractivity (Wildman–Crippen MR) is 108 cm³/mol. The Labute approximate surface area is 170 Å². The Kier molecular flexibility index (Phi) is 8.95. The zero-order valence-corrected chi connectivity index (χ0v) is 17.4. The molecule has 0 spiro atoms. The summed E-state index contributed by atoms with van der Waals surface area (Å²) in [5, 5.41) is 3.68. The summed E-state index contributed by atoms with van der Waals surface area (Å²) in [4.78, 5) is 17.5. The van der Waals surface area contributed by atoms with Crippen molar-refractivity contribution in [2.45, 2.75) is 57.0 Å². The maximum atomic E-state index is 12.8. The van der Waals surface area contributed by atoms with Crippen LogP contribution in [0, 0.1) is 11.8 Å². The highest BCUT2D eigenvalue weighted by molar-refractivity contribution is 5.85. The Morgan fingerprint density at radius 1 is 0.962 bits per heavy atom. The molecule has 4 rings (SSSR count). The highest BCUT2D eigenvalue weighted by Crippen LogP contribution is 2.33. The topological polar surface area (TPSA) is 44.8 Å². The minimum atomic E-state index is 0. The number of amides is 1. The average molecular weight is 408 g/mol. The molecule has 4 heterocycles. The molecular formula is C19H35Cl2N3O2. The SMILES string of the molecule is Cl.Cl.O=C(CC1CC2CCC(C1)N2)N1CCCC(CN2CCOCC2)C1. The molecule has 1 N–H and O–H groups in total. The number of hydrogen-bond donors (Lipinski definition) is 1. The van der Waals surface area contributed by atoms with Crippen molar-refractivity contribution in [3.8, 4) is 0 Å². The van der Waals surface area contributed by atoms with Gasteiger partial charge in [-0.2, -0.15) is 0 Å². The highest BCUT2D eigenvalue weighted by atomic mass is 35.5. The average Bonchev–Trinajstić information content (AvgIpc) is 2.94. The largest absolute Gasteiger partial charge is 0.379 e. The van der Waals surface area contributed by atoms with E-state index in [1.54, 1.807) is 0 Å². The van der Waals surface area contributed by atoms with Gasteiger partial charge in [0.2, 0.25) is 5.91 Å². The van der Waals surface area contributed by atoms with Gasteiger partial charge >= 0.3 is 0 Å². The fraction of sp³-hybridized carbons (Fsp3) is 0.947. The first kappa shape index (κ1) is 22.2. The Morgan fingerprint density at radius 2 is 1.65 bits per heavy atom. The Bertz CT molecular complexity index is 437. The van der Waals surface area contributed by atoms with Crippen LogP contribution < -0.4 is 5.32 Å². The standard InChI is InChI=1S/C19H33N3O2.2ClH/c23-19(12-16-10-17-3-4-18(11-16)20-17)22-5-1-2-15(14-22)13-21-6-8-24-9-7-21;;/h15-18,20H,1-14H2;2*1H. The molecule has 26 heavy (non-hydrogen) atoms. The number of fused-ring (bicyclic) bond motifs is 2. The monoisotopic (exact) mass is 407 g/mol. The predicted octanol–water partition coefficient (Wildman–Crippen LogP) is 2.32. The molecule has 4 aliphatic heterocycles. The normalized spacial score (nSPS) is 34.7. The molecule has 7 heteroatoms. The van der Waals surface area contributed by atoms with Crippen molar-refractivity contribution in [2.24, 2.45) is 11.8 Å². The first-order valence-electron chi connectivity index (χ1n) is 10.1. The number of carbonyl (C=O) groups excluding carboxylic acids is 1. The summed E-state index contributed by atoms with van der Waals surface area (Å²) in [6, 6.07) is 1.38. The van der Waals surface area contributed by atoms with E-state index in [4.69, 9.17) is 4.74 Å². The molecule has 0 radical (unpaired) electrons. The maximum absolute atomic E-state index is 12.8. The van der Waals surface area contributed by atoms with Crippen LogP contribution in [0.2, 0.25) is 0 Å². The second kappa shape index (κ2) is 10.5. The van der Waals surface area contributed by atoms with Gasteiger partial charge in [0, 0.05) is 51.2 Å². The number of likely N-dealkylation sites (tertiary alicyclic amines) is 1. The van der Waals surface area contributed by atoms with E-state index in [1.165, 1.54) is 38.5 Å². The van der Waals surface area contributed by atoms with Gasteiger partial charge in [-0.15, -0.1) is 24.8 Å². The lowest BCUT2D eigenvalue weighted by Crippen LogP contribution is -2.47. The molecule has 1 amide bonds. The molecule has 4 aliphatic rings. The first-order chi connectivity index (χ1) is 11.8. The van der Waals surface area contributed by atoms with Crippen molar-refractivity contribution in [2.75, 3.05) is 45.9 Å². The van der Waals surface area contributed by atoms with E-state index in [-0.39, 0.29) is 24.8 Å². The van der Waals surface area contributed by atoms with Gasteiger partial charge < -0.3 is 15.0 Å². The van der Waals surface area contributed by atoms with Gasteiger partial charge in [-0.1, -0.05) is 0 Å². The maximum Gasteiger partial charge on any atom is 0.222 e. The van der Waals surface area contributed by atoms with Crippen LogP contribution in [0.3, 0.4) is 0 Å². The molecule has 2 bridgehead atoms. The van der Waals surface area contributed by atoms with Crippen molar-refractivity contribution < 1.29 is 9.53 Å². The van der Waals surface area contributed by atoms with E-state index in [1.807, 2.05) is 0 Å². The number of nitrogens with zero attached hydrogens (tertiary/aromatic N) is 2. The first-order valence-corrected chi connectivity index (χ1v) is 10.1. The molecule has 0 aromatic carbocycles. The Balaban J connectivity index is 0.00000121. The third-order valence-corrected chi connectivity index (χ3v) is 6.53. The van der Waals surface area contributed by atoms with Crippen LogP contribution in [-0.4, -0.2) is 73.7 Å². The molecule has 5 nitrogen and oxygen atoms in total. The third kappa shape index (κ3) is 5.71. The molecular weight excluding hydrogens is 373 g/mol. The zero-order chi connectivity index (χ0) is 16.4. The van der Waals surface area contributed by atoms with E-state index < -0.39 is 0 Å². The van der Waals surface area contributed by atoms with Crippen LogP contribution in [0.5, 0.6) is 0 Å². The molecule has 0 aliphatic carbocycles. The van der Waals surface area contributed by atoms with Gasteiger partial charge in [0.15, 0.2) is 0 Å². The number of rotatable bonds is 4. The number of hydrogen-bond acceptors (Lipinski definition) is 4. The van der Waals surface area contributed by atoms with Crippen LogP contribution in [0.15, 0.2) is 0 Å². The second-order valence-corrected chi connectivity index (χ2v) is 8.44. The van der Waals surface area contributed by atoms with E-state index >= 15 is 0 Å². The van der Waals surface area contributed by atoms with Gasteiger partial charge in [-0.05, 0) is 50.4 Å². The van der Waals surface area contributed by atoms with Crippen LogP contribution in [0.25, 0.3) is 0 Å². The second-order valence-electron chi connectivity index (χ2n) is 8.44. The fourth-order valence-corrected chi connectivity index (χ4v) is 5.31.